The molecule has 0 aliphatic carbocycles. The lowest BCUT2D eigenvalue weighted by Crippen LogP contribution is -2.41. The third-order valence-electron chi connectivity index (χ3n) is 4.26. The van der Waals surface area contributed by atoms with E-state index in [1.54, 1.807) is 44.2 Å². The molecular formula is C23H27N3O7. The maximum atomic E-state index is 12.7. The molecule has 0 fully saturated rings. The second-order valence-electron chi connectivity index (χ2n) is 7.15. The summed E-state index contributed by atoms with van der Waals surface area (Å²) in [6.07, 6.45) is 0. The quantitative estimate of drug-likeness (QED) is 0.463. The summed E-state index contributed by atoms with van der Waals surface area (Å²) in [5, 5.41) is 7.64. The number of carbonyl (C=O) groups is 4. The highest BCUT2D eigenvalue weighted by Gasteiger charge is 2.21. The average Bonchev–Trinajstić information content (AvgIpc) is 2.80. The highest BCUT2D eigenvalue weighted by Crippen LogP contribution is 2.34. The fraction of sp³-hybridized carbons (Fsp3) is 0.304. The first-order valence-corrected chi connectivity index (χ1v) is 10.1. The molecule has 0 spiro atoms. The number of nitrogens with one attached hydrogen (secondary N) is 3. The monoisotopic (exact) mass is 457 g/mol. The Kier molecular flexibility index (Phi) is 9.22. The number of benzene rings is 2. The van der Waals surface area contributed by atoms with Gasteiger partial charge < -0.3 is 30.2 Å². The van der Waals surface area contributed by atoms with Gasteiger partial charge in [-0.3, -0.25) is 14.4 Å². The first-order valence-electron chi connectivity index (χ1n) is 10.1. The van der Waals surface area contributed by atoms with E-state index in [4.69, 9.17) is 14.2 Å². The number of rotatable bonds is 10. The molecule has 0 radical (unpaired) electrons. The van der Waals surface area contributed by atoms with Crippen LogP contribution in [-0.2, 0) is 14.3 Å². The molecule has 176 valence electrons. The minimum atomic E-state index is -0.874. The molecule has 0 unspecified atom stereocenters. The molecular weight excluding hydrogens is 430 g/mol. The Morgan fingerprint density at radius 3 is 2.15 bits per heavy atom. The lowest BCUT2D eigenvalue weighted by Gasteiger charge is -2.15. The summed E-state index contributed by atoms with van der Waals surface area (Å²) < 4.78 is 15.5. The number of carbonyl (C=O) groups excluding carboxylic acids is 4. The SMILES string of the molecule is COc1cc(NC(=O)c2ccccc2)c(C(=O)OCC(=O)NCC(=O)NC(C)C)cc1OC. The third-order valence-corrected chi connectivity index (χ3v) is 4.26. The summed E-state index contributed by atoms with van der Waals surface area (Å²) in [5.41, 5.74) is 0.455. The molecule has 0 saturated carbocycles. The molecule has 10 nitrogen and oxygen atoms in total. The molecule has 0 heterocycles. The van der Waals surface area contributed by atoms with Crippen LogP contribution in [-0.4, -0.2) is 57.1 Å². The van der Waals surface area contributed by atoms with Gasteiger partial charge in [-0.25, -0.2) is 4.79 Å². The molecule has 33 heavy (non-hydrogen) atoms. The maximum absolute atomic E-state index is 12.7. The van der Waals surface area contributed by atoms with Crippen molar-refractivity contribution in [1.29, 1.82) is 0 Å². The summed E-state index contributed by atoms with van der Waals surface area (Å²) in [6.45, 7) is 2.72. The number of ether oxygens (including phenoxy) is 3. The molecule has 2 aromatic carbocycles. The minimum Gasteiger partial charge on any atom is -0.493 e. The molecule has 2 rings (SSSR count). The van der Waals surface area contributed by atoms with E-state index in [0.29, 0.717) is 5.56 Å². The Morgan fingerprint density at radius 2 is 1.55 bits per heavy atom. The summed E-state index contributed by atoms with van der Waals surface area (Å²) >= 11 is 0. The van der Waals surface area contributed by atoms with Gasteiger partial charge in [-0.2, -0.15) is 0 Å². The maximum Gasteiger partial charge on any atom is 0.340 e. The largest absolute Gasteiger partial charge is 0.493 e. The van der Waals surface area contributed by atoms with E-state index in [2.05, 4.69) is 16.0 Å². The minimum absolute atomic E-state index is 0.0396. The van der Waals surface area contributed by atoms with Crippen molar-refractivity contribution in [3.05, 3.63) is 53.6 Å². The Morgan fingerprint density at radius 1 is 0.909 bits per heavy atom. The zero-order chi connectivity index (χ0) is 24.4. The Bertz CT molecular complexity index is 1010. The van der Waals surface area contributed by atoms with Crippen molar-refractivity contribution in [3.8, 4) is 11.5 Å². The number of esters is 1. The predicted octanol–water partition coefficient (Wildman–Crippen LogP) is 1.75. The summed E-state index contributed by atoms with van der Waals surface area (Å²) in [7, 11) is 2.81. The summed E-state index contributed by atoms with van der Waals surface area (Å²) in [6, 6.07) is 11.1. The molecule has 0 aromatic heterocycles. The molecule has 3 amide bonds. The fourth-order valence-corrected chi connectivity index (χ4v) is 2.75. The van der Waals surface area contributed by atoms with Gasteiger partial charge >= 0.3 is 5.97 Å². The van der Waals surface area contributed by atoms with Crippen molar-refractivity contribution in [2.75, 3.05) is 32.7 Å². The van der Waals surface area contributed by atoms with E-state index >= 15 is 0 Å². The lowest BCUT2D eigenvalue weighted by molar-refractivity contribution is -0.128. The lowest BCUT2D eigenvalue weighted by atomic mass is 10.1. The van der Waals surface area contributed by atoms with E-state index in [1.165, 1.54) is 26.4 Å². The number of hydrogen-bond acceptors (Lipinski definition) is 7. The standard InChI is InChI=1S/C23H27N3O7/c1-14(2)25-20(27)12-24-21(28)13-33-23(30)16-10-18(31-3)19(32-4)11-17(16)26-22(29)15-8-6-5-7-9-15/h5-11,14H,12-13H2,1-4H3,(H,24,28)(H,25,27)(H,26,29). The van der Waals surface area contributed by atoms with Gasteiger partial charge in [0.25, 0.3) is 11.8 Å². The van der Waals surface area contributed by atoms with Crippen LogP contribution in [0.5, 0.6) is 11.5 Å². The molecule has 0 atom stereocenters. The number of amides is 3. The van der Waals surface area contributed by atoms with Gasteiger partial charge in [0.15, 0.2) is 18.1 Å². The third kappa shape index (κ3) is 7.53. The molecule has 2 aromatic rings. The van der Waals surface area contributed by atoms with Gasteiger partial charge in [-0.1, -0.05) is 18.2 Å². The van der Waals surface area contributed by atoms with Crippen LogP contribution in [0.3, 0.4) is 0 Å². The van der Waals surface area contributed by atoms with Gasteiger partial charge in [0.2, 0.25) is 5.91 Å². The van der Waals surface area contributed by atoms with Crippen LogP contribution in [0.4, 0.5) is 5.69 Å². The van der Waals surface area contributed by atoms with Crippen LogP contribution < -0.4 is 25.4 Å². The van der Waals surface area contributed by atoms with E-state index in [9.17, 15) is 19.2 Å². The van der Waals surface area contributed by atoms with Gasteiger partial charge in [0, 0.05) is 23.7 Å². The van der Waals surface area contributed by atoms with Crippen LogP contribution in [0.25, 0.3) is 0 Å². The van der Waals surface area contributed by atoms with Gasteiger partial charge in [0.05, 0.1) is 32.0 Å². The first kappa shape index (κ1) is 25.2. The first-order chi connectivity index (χ1) is 15.7. The normalized spacial score (nSPS) is 10.2. The second-order valence-corrected chi connectivity index (χ2v) is 7.15. The summed E-state index contributed by atoms with van der Waals surface area (Å²) in [4.78, 5) is 48.9. The molecule has 10 heteroatoms. The predicted molar refractivity (Wildman–Crippen MR) is 121 cm³/mol. The summed E-state index contributed by atoms with van der Waals surface area (Å²) in [5.74, 6) is -1.83. The van der Waals surface area contributed by atoms with Gasteiger partial charge in [-0.15, -0.1) is 0 Å². The zero-order valence-corrected chi connectivity index (χ0v) is 18.9. The van der Waals surface area contributed by atoms with Crippen molar-refractivity contribution >= 4 is 29.4 Å². The van der Waals surface area contributed by atoms with Crippen molar-refractivity contribution in [2.45, 2.75) is 19.9 Å². The zero-order valence-electron chi connectivity index (χ0n) is 18.9. The van der Waals surface area contributed by atoms with Gasteiger partial charge in [0.1, 0.15) is 0 Å². The molecule has 3 N–H and O–H groups in total. The molecule has 0 aliphatic rings. The van der Waals surface area contributed by atoms with Crippen LogP contribution in [0.2, 0.25) is 0 Å². The highest BCUT2D eigenvalue weighted by molar-refractivity contribution is 6.08. The van der Waals surface area contributed by atoms with E-state index in [1.807, 2.05) is 0 Å². The fourth-order valence-electron chi connectivity index (χ4n) is 2.75. The van der Waals surface area contributed by atoms with Crippen molar-refractivity contribution < 1.29 is 33.4 Å². The molecule has 0 bridgehead atoms. The smallest absolute Gasteiger partial charge is 0.340 e. The van der Waals surface area contributed by atoms with Crippen molar-refractivity contribution in [2.24, 2.45) is 0 Å². The van der Waals surface area contributed by atoms with Gasteiger partial charge in [-0.05, 0) is 26.0 Å². The van der Waals surface area contributed by atoms with Crippen LogP contribution in [0, 0.1) is 0 Å². The number of anilines is 1. The van der Waals surface area contributed by atoms with Crippen molar-refractivity contribution in [1.82, 2.24) is 10.6 Å². The Labute approximate surface area is 191 Å². The molecule has 0 aliphatic heterocycles. The van der Waals surface area contributed by atoms with Crippen LogP contribution in [0.15, 0.2) is 42.5 Å². The number of methoxy groups -OCH3 is 2. The topological polar surface area (TPSA) is 132 Å². The van der Waals surface area contributed by atoms with Crippen LogP contribution >= 0.6 is 0 Å². The average molecular weight is 457 g/mol. The highest BCUT2D eigenvalue weighted by atomic mass is 16.5. The Hall–Kier alpha value is -4.08. The number of hydrogen-bond donors (Lipinski definition) is 3. The van der Waals surface area contributed by atoms with Crippen LogP contribution in [0.1, 0.15) is 34.6 Å². The molecule has 0 saturated heterocycles. The van der Waals surface area contributed by atoms with E-state index in [-0.39, 0.29) is 41.2 Å². The van der Waals surface area contributed by atoms with Crippen molar-refractivity contribution in [3.63, 3.8) is 0 Å². The second kappa shape index (κ2) is 12.1. The van der Waals surface area contributed by atoms with E-state index < -0.39 is 24.4 Å². The van der Waals surface area contributed by atoms with E-state index in [0.717, 1.165) is 0 Å². The Balaban J connectivity index is 2.14.